The molecule has 5 heterocycles. The van der Waals surface area contributed by atoms with Crippen molar-refractivity contribution < 1.29 is 5.11 Å². The van der Waals surface area contributed by atoms with Gasteiger partial charge in [-0.15, -0.1) is 12.4 Å². The fraction of sp³-hybridized carbons (Fsp3) is 0.429. The van der Waals surface area contributed by atoms with Crippen LogP contribution in [0.1, 0.15) is 26.2 Å². The third kappa shape index (κ3) is 4.45. The van der Waals surface area contributed by atoms with Crippen molar-refractivity contribution in [2.45, 2.75) is 32.2 Å². The van der Waals surface area contributed by atoms with Gasteiger partial charge in [-0.2, -0.15) is 5.10 Å². The SMILES string of the molecule is CCCN1CCC(N(C)c2nc3sc(-c4ncc(-c5cn[nH]c5)cc4O)nc3s2)CC1.Cl. The highest BCUT2D eigenvalue weighted by molar-refractivity contribution is 7.29. The number of pyridine rings is 1. The number of fused-ring (bicyclic) bond motifs is 1. The summed E-state index contributed by atoms with van der Waals surface area (Å²) in [5.41, 5.74) is 2.17. The molecule has 0 radical (unpaired) electrons. The Morgan fingerprint density at radius 3 is 2.59 bits per heavy atom. The van der Waals surface area contributed by atoms with Crippen molar-refractivity contribution in [1.29, 1.82) is 0 Å². The average Bonchev–Trinajstić information content (AvgIpc) is 3.51. The number of rotatable bonds is 6. The summed E-state index contributed by atoms with van der Waals surface area (Å²) >= 11 is 3.08. The van der Waals surface area contributed by atoms with Gasteiger partial charge in [-0.25, -0.2) is 15.0 Å². The predicted molar refractivity (Wildman–Crippen MR) is 133 cm³/mol. The second kappa shape index (κ2) is 9.70. The van der Waals surface area contributed by atoms with E-state index in [4.69, 9.17) is 9.97 Å². The molecular formula is C21H26ClN7OS2. The zero-order chi connectivity index (χ0) is 21.4. The first kappa shape index (κ1) is 22.9. The van der Waals surface area contributed by atoms with Crippen LogP contribution in [0.4, 0.5) is 5.13 Å². The molecule has 0 bridgehead atoms. The van der Waals surface area contributed by atoms with Gasteiger partial charge in [-0.1, -0.05) is 29.6 Å². The van der Waals surface area contributed by atoms with Crippen LogP contribution in [-0.4, -0.2) is 67.9 Å². The van der Waals surface area contributed by atoms with Gasteiger partial charge in [0.25, 0.3) is 0 Å². The Bertz CT molecular complexity index is 1140. The van der Waals surface area contributed by atoms with Crippen LogP contribution in [0.3, 0.4) is 0 Å². The van der Waals surface area contributed by atoms with Crippen molar-refractivity contribution in [1.82, 2.24) is 30.0 Å². The molecule has 0 saturated carbocycles. The molecule has 11 heteroatoms. The number of likely N-dealkylation sites (tertiary alicyclic amines) is 1. The molecule has 1 aliphatic rings. The minimum atomic E-state index is 0. The number of nitrogens with zero attached hydrogens (tertiary/aromatic N) is 6. The van der Waals surface area contributed by atoms with E-state index < -0.39 is 0 Å². The van der Waals surface area contributed by atoms with Gasteiger partial charge in [-0.3, -0.25) is 5.10 Å². The van der Waals surface area contributed by atoms with Gasteiger partial charge in [0.15, 0.2) is 14.8 Å². The average molecular weight is 492 g/mol. The van der Waals surface area contributed by atoms with E-state index in [1.165, 1.54) is 37.1 Å². The highest BCUT2D eigenvalue weighted by atomic mass is 35.5. The Balaban J connectivity index is 0.00000245. The number of aromatic nitrogens is 5. The number of hydrogen-bond donors (Lipinski definition) is 2. The number of hydrogen-bond acceptors (Lipinski definition) is 9. The van der Waals surface area contributed by atoms with E-state index in [0.717, 1.165) is 39.0 Å². The number of piperidine rings is 1. The van der Waals surface area contributed by atoms with Gasteiger partial charge in [0, 0.05) is 49.7 Å². The van der Waals surface area contributed by atoms with Crippen LogP contribution in [0.15, 0.2) is 24.7 Å². The smallest absolute Gasteiger partial charge is 0.188 e. The second-order valence-electron chi connectivity index (χ2n) is 7.89. The van der Waals surface area contributed by atoms with Gasteiger partial charge >= 0.3 is 0 Å². The number of halogens is 1. The largest absolute Gasteiger partial charge is 0.506 e. The van der Waals surface area contributed by atoms with E-state index in [9.17, 15) is 5.11 Å². The van der Waals surface area contributed by atoms with Crippen LogP contribution in [0.2, 0.25) is 0 Å². The maximum absolute atomic E-state index is 10.5. The first-order valence-corrected chi connectivity index (χ1v) is 12.2. The molecular weight excluding hydrogens is 466 g/mol. The number of aromatic hydroxyl groups is 1. The van der Waals surface area contributed by atoms with Crippen LogP contribution in [0.25, 0.3) is 31.5 Å². The Hall–Kier alpha value is -2.27. The molecule has 32 heavy (non-hydrogen) atoms. The van der Waals surface area contributed by atoms with E-state index in [0.29, 0.717) is 16.7 Å². The highest BCUT2D eigenvalue weighted by Crippen LogP contribution is 2.39. The molecule has 2 N–H and O–H groups in total. The second-order valence-corrected chi connectivity index (χ2v) is 9.82. The molecule has 5 rings (SSSR count). The van der Waals surface area contributed by atoms with Crippen molar-refractivity contribution >= 4 is 49.9 Å². The minimum Gasteiger partial charge on any atom is -0.506 e. The molecule has 1 saturated heterocycles. The molecule has 4 aromatic rings. The normalized spacial score (nSPS) is 15.2. The van der Waals surface area contributed by atoms with Gasteiger partial charge in [0.2, 0.25) is 0 Å². The molecule has 0 amide bonds. The van der Waals surface area contributed by atoms with E-state index >= 15 is 0 Å². The summed E-state index contributed by atoms with van der Waals surface area (Å²) in [6.07, 6.45) is 8.75. The number of H-pyrrole nitrogens is 1. The van der Waals surface area contributed by atoms with Gasteiger partial charge in [-0.05, 0) is 31.9 Å². The van der Waals surface area contributed by atoms with Gasteiger partial charge in [0.1, 0.15) is 16.5 Å². The summed E-state index contributed by atoms with van der Waals surface area (Å²) in [6.45, 7) is 5.75. The Morgan fingerprint density at radius 1 is 1.16 bits per heavy atom. The van der Waals surface area contributed by atoms with Crippen molar-refractivity contribution in [3.05, 3.63) is 24.7 Å². The monoisotopic (exact) mass is 491 g/mol. The van der Waals surface area contributed by atoms with Crippen LogP contribution in [0.5, 0.6) is 5.75 Å². The van der Waals surface area contributed by atoms with Crippen LogP contribution < -0.4 is 4.90 Å². The summed E-state index contributed by atoms with van der Waals surface area (Å²) < 4.78 is 0. The molecule has 0 atom stereocenters. The van der Waals surface area contributed by atoms with Crippen LogP contribution in [0, 0.1) is 0 Å². The summed E-state index contributed by atoms with van der Waals surface area (Å²) in [4.78, 5) is 20.7. The van der Waals surface area contributed by atoms with E-state index in [1.54, 1.807) is 36.0 Å². The Labute approximate surface area is 200 Å². The maximum atomic E-state index is 10.5. The number of aromatic amines is 1. The summed E-state index contributed by atoms with van der Waals surface area (Å²) in [5.74, 6) is 0.108. The van der Waals surface area contributed by atoms with Gasteiger partial charge < -0.3 is 14.9 Å². The summed E-state index contributed by atoms with van der Waals surface area (Å²) in [6, 6.07) is 2.22. The molecule has 1 fully saturated rings. The zero-order valence-corrected chi connectivity index (χ0v) is 20.4. The lowest BCUT2D eigenvalue weighted by molar-refractivity contribution is 0.211. The maximum Gasteiger partial charge on any atom is 0.188 e. The quantitative estimate of drug-likeness (QED) is 0.405. The molecule has 170 valence electrons. The van der Waals surface area contributed by atoms with Crippen LogP contribution >= 0.6 is 35.1 Å². The zero-order valence-electron chi connectivity index (χ0n) is 18.0. The molecule has 0 aromatic carbocycles. The van der Waals surface area contributed by atoms with Crippen LogP contribution in [-0.2, 0) is 0 Å². The summed E-state index contributed by atoms with van der Waals surface area (Å²) in [7, 11) is 2.14. The van der Waals surface area contributed by atoms with Crippen molar-refractivity contribution in [3.63, 3.8) is 0 Å². The van der Waals surface area contributed by atoms with Crippen molar-refractivity contribution in [2.75, 3.05) is 31.6 Å². The van der Waals surface area contributed by atoms with E-state index in [-0.39, 0.29) is 18.2 Å². The Kier molecular flexibility index (Phi) is 6.94. The molecule has 0 unspecified atom stereocenters. The lowest BCUT2D eigenvalue weighted by Crippen LogP contribution is -2.43. The topological polar surface area (TPSA) is 94.1 Å². The molecule has 1 aliphatic heterocycles. The number of thiazole rings is 2. The minimum absolute atomic E-state index is 0. The van der Waals surface area contributed by atoms with E-state index in [2.05, 4.69) is 39.0 Å². The standard InChI is InChI=1S/C21H25N7OS2.ClH/c1-3-6-28-7-4-15(5-8-28)27(2)21-26-20-19(31-21)25-18(30-20)17-16(29)9-13(10-22-17)14-11-23-24-12-14;/h9-12,15,29H,3-8H2,1-2H3,(H,23,24);1H. The molecule has 8 nitrogen and oxygen atoms in total. The van der Waals surface area contributed by atoms with Crippen molar-refractivity contribution in [3.8, 4) is 27.6 Å². The number of anilines is 1. The number of nitrogens with one attached hydrogen (secondary N) is 1. The predicted octanol–water partition coefficient (Wildman–Crippen LogP) is 4.64. The van der Waals surface area contributed by atoms with E-state index in [1.807, 2.05) is 0 Å². The molecule has 0 aliphatic carbocycles. The Morgan fingerprint density at radius 2 is 1.94 bits per heavy atom. The van der Waals surface area contributed by atoms with Crippen molar-refractivity contribution in [2.24, 2.45) is 0 Å². The fourth-order valence-electron chi connectivity index (χ4n) is 4.07. The van der Waals surface area contributed by atoms with Gasteiger partial charge in [0.05, 0.1) is 6.20 Å². The third-order valence-electron chi connectivity index (χ3n) is 5.81. The molecule has 4 aromatic heterocycles. The summed E-state index contributed by atoms with van der Waals surface area (Å²) in [5, 5.41) is 18.9. The fourth-order valence-corrected chi connectivity index (χ4v) is 6.15. The first-order chi connectivity index (χ1) is 15.1. The lowest BCUT2D eigenvalue weighted by Gasteiger charge is -2.36. The lowest BCUT2D eigenvalue weighted by atomic mass is 10.0. The third-order valence-corrected chi connectivity index (χ3v) is 7.94. The highest BCUT2D eigenvalue weighted by Gasteiger charge is 2.25. The molecule has 0 spiro atoms. The first-order valence-electron chi connectivity index (χ1n) is 10.5.